The fourth-order valence-electron chi connectivity index (χ4n) is 1.89. The van der Waals surface area contributed by atoms with Crippen molar-refractivity contribution >= 4 is 0 Å². The van der Waals surface area contributed by atoms with Gasteiger partial charge in [0.2, 0.25) is 0 Å². The standard InChI is InChI=1S/C15H29N3O/c1-10(2)14(19)8-16-11(3)13-9-18(15(5,6)7)17-12(13)4/h9-11,14,16,19H,8H2,1-7H3. The van der Waals surface area contributed by atoms with Gasteiger partial charge in [-0.2, -0.15) is 5.10 Å². The van der Waals surface area contributed by atoms with Gasteiger partial charge in [0.15, 0.2) is 0 Å². The molecule has 0 saturated carbocycles. The molecule has 0 bridgehead atoms. The number of hydrogen-bond acceptors (Lipinski definition) is 3. The average molecular weight is 267 g/mol. The monoisotopic (exact) mass is 267 g/mol. The summed E-state index contributed by atoms with van der Waals surface area (Å²) >= 11 is 0. The molecule has 0 aliphatic carbocycles. The summed E-state index contributed by atoms with van der Waals surface area (Å²) in [5.41, 5.74) is 2.25. The molecule has 4 nitrogen and oxygen atoms in total. The van der Waals surface area contributed by atoms with Gasteiger partial charge < -0.3 is 10.4 Å². The van der Waals surface area contributed by atoms with E-state index in [9.17, 15) is 5.11 Å². The van der Waals surface area contributed by atoms with Crippen molar-refractivity contribution in [3.63, 3.8) is 0 Å². The Balaban J connectivity index is 2.72. The van der Waals surface area contributed by atoms with Crippen LogP contribution < -0.4 is 5.32 Å². The molecule has 0 saturated heterocycles. The first-order valence-corrected chi connectivity index (χ1v) is 7.11. The highest BCUT2D eigenvalue weighted by atomic mass is 16.3. The first kappa shape index (κ1) is 16.2. The van der Waals surface area contributed by atoms with Crippen molar-refractivity contribution in [1.82, 2.24) is 15.1 Å². The van der Waals surface area contributed by atoms with Gasteiger partial charge in [-0.25, -0.2) is 0 Å². The lowest BCUT2D eigenvalue weighted by atomic mass is 10.1. The van der Waals surface area contributed by atoms with Crippen molar-refractivity contribution in [2.45, 2.75) is 66.2 Å². The summed E-state index contributed by atoms with van der Waals surface area (Å²) in [6.45, 7) is 15.2. The quantitative estimate of drug-likeness (QED) is 0.862. The van der Waals surface area contributed by atoms with Gasteiger partial charge in [-0.05, 0) is 40.5 Å². The molecule has 0 radical (unpaired) electrons. The molecule has 0 fully saturated rings. The minimum Gasteiger partial charge on any atom is -0.392 e. The zero-order valence-electron chi connectivity index (χ0n) is 13.4. The van der Waals surface area contributed by atoms with Crippen molar-refractivity contribution in [3.05, 3.63) is 17.5 Å². The molecule has 110 valence electrons. The van der Waals surface area contributed by atoms with Gasteiger partial charge in [0.05, 0.1) is 17.3 Å². The zero-order chi connectivity index (χ0) is 14.8. The van der Waals surface area contributed by atoms with E-state index in [0.29, 0.717) is 6.54 Å². The van der Waals surface area contributed by atoms with Crippen LogP contribution in [0.2, 0.25) is 0 Å². The van der Waals surface area contributed by atoms with E-state index in [4.69, 9.17) is 0 Å². The molecule has 0 aromatic carbocycles. The van der Waals surface area contributed by atoms with E-state index in [1.54, 1.807) is 0 Å². The predicted molar refractivity (Wildman–Crippen MR) is 79.2 cm³/mol. The van der Waals surface area contributed by atoms with Gasteiger partial charge in [0.25, 0.3) is 0 Å². The van der Waals surface area contributed by atoms with Crippen LogP contribution in [0.15, 0.2) is 6.20 Å². The highest BCUT2D eigenvalue weighted by Gasteiger charge is 2.19. The molecular weight excluding hydrogens is 238 g/mol. The molecule has 1 aromatic heterocycles. The highest BCUT2D eigenvalue weighted by molar-refractivity contribution is 5.20. The third-order valence-corrected chi connectivity index (χ3v) is 3.49. The molecule has 0 aliphatic rings. The van der Waals surface area contributed by atoms with Crippen molar-refractivity contribution in [1.29, 1.82) is 0 Å². The normalized spacial score (nSPS) is 15.8. The molecule has 19 heavy (non-hydrogen) atoms. The fourth-order valence-corrected chi connectivity index (χ4v) is 1.89. The summed E-state index contributed by atoms with van der Waals surface area (Å²) in [6.07, 6.45) is 1.80. The van der Waals surface area contributed by atoms with Gasteiger partial charge in [0, 0.05) is 24.3 Å². The van der Waals surface area contributed by atoms with E-state index >= 15 is 0 Å². The van der Waals surface area contributed by atoms with Crippen molar-refractivity contribution in [2.24, 2.45) is 5.92 Å². The Bertz CT molecular complexity index is 404. The van der Waals surface area contributed by atoms with E-state index in [0.717, 1.165) is 5.69 Å². The minimum atomic E-state index is -0.305. The summed E-state index contributed by atoms with van der Waals surface area (Å²) < 4.78 is 2.01. The average Bonchev–Trinajstić information content (AvgIpc) is 2.67. The van der Waals surface area contributed by atoms with Crippen molar-refractivity contribution in [3.8, 4) is 0 Å². The smallest absolute Gasteiger partial charge is 0.0687 e. The molecular formula is C15H29N3O. The molecule has 2 atom stereocenters. The summed E-state index contributed by atoms with van der Waals surface area (Å²) in [5.74, 6) is 0.276. The second-order valence-electron chi connectivity index (χ2n) is 6.73. The zero-order valence-corrected chi connectivity index (χ0v) is 13.4. The number of nitrogens with zero attached hydrogens (tertiary/aromatic N) is 2. The summed E-state index contributed by atoms with van der Waals surface area (Å²) in [5, 5.41) is 17.8. The summed E-state index contributed by atoms with van der Waals surface area (Å²) in [6, 6.07) is 0.199. The fraction of sp³-hybridized carbons (Fsp3) is 0.800. The van der Waals surface area contributed by atoms with E-state index in [1.165, 1.54) is 5.56 Å². The van der Waals surface area contributed by atoms with E-state index in [2.05, 4.69) is 44.3 Å². The number of nitrogens with one attached hydrogen (secondary N) is 1. The largest absolute Gasteiger partial charge is 0.392 e. The van der Waals surface area contributed by atoms with Gasteiger partial charge in [-0.1, -0.05) is 13.8 Å². The molecule has 2 unspecified atom stereocenters. The molecule has 0 aliphatic heterocycles. The van der Waals surface area contributed by atoms with Gasteiger partial charge in [-0.3, -0.25) is 4.68 Å². The molecule has 4 heteroatoms. The first-order valence-electron chi connectivity index (χ1n) is 7.11. The van der Waals surface area contributed by atoms with E-state index < -0.39 is 0 Å². The number of aliphatic hydroxyl groups is 1. The number of aliphatic hydroxyl groups excluding tert-OH is 1. The molecule has 1 aromatic rings. The molecule has 0 amide bonds. The Morgan fingerprint density at radius 3 is 2.32 bits per heavy atom. The number of rotatable bonds is 5. The second kappa shape index (κ2) is 6.06. The summed E-state index contributed by atoms with van der Waals surface area (Å²) in [4.78, 5) is 0. The number of hydrogen-bond donors (Lipinski definition) is 2. The third-order valence-electron chi connectivity index (χ3n) is 3.49. The molecule has 1 rings (SSSR count). The van der Waals surface area contributed by atoms with Crippen LogP contribution in [-0.2, 0) is 5.54 Å². The Kier molecular flexibility index (Phi) is 5.16. The maximum Gasteiger partial charge on any atom is 0.0687 e. The van der Waals surface area contributed by atoms with Crippen LogP contribution in [-0.4, -0.2) is 27.5 Å². The Morgan fingerprint density at radius 2 is 1.89 bits per heavy atom. The lowest BCUT2D eigenvalue weighted by molar-refractivity contribution is 0.120. The summed E-state index contributed by atoms with van der Waals surface area (Å²) in [7, 11) is 0. The first-order chi connectivity index (χ1) is 8.62. The lowest BCUT2D eigenvalue weighted by Crippen LogP contribution is -2.32. The predicted octanol–water partition coefficient (Wildman–Crippen LogP) is 2.61. The van der Waals surface area contributed by atoms with Crippen LogP contribution in [0.5, 0.6) is 0 Å². The van der Waals surface area contributed by atoms with Crippen LogP contribution in [0.25, 0.3) is 0 Å². The minimum absolute atomic E-state index is 0.000175. The van der Waals surface area contributed by atoms with Gasteiger partial charge in [-0.15, -0.1) is 0 Å². The lowest BCUT2D eigenvalue weighted by Gasteiger charge is -2.20. The van der Waals surface area contributed by atoms with Gasteiger partial charge >= 0.3 is 0 Å². The molecule has 1 heterocycles. The van der Waals surface area contributed by atoms with Gasteiger partial charge in [0.1, 0.15) is 0 Å². The van der Waals surface area contributed by atoms with Crippen molar-refractivity contribution in [2.75, 3.05) is 6.54 Å². The number of aryl methyl sites for hydroxylation is 1. The highest BCUT2D eigenvalue weighted by Crippen LogP contribution is 2.21. The number of aromatic nitrogens is 2. The Labute approximate surface area is 117 Å². The second-order valence-corrected chi connectivity index (χ2v) is 6.73. The molecule has 2 N–H and O–H groups in total. The maximum atomic E-state index is 9.84. The van der Waals surface area contributed by atoms with Crippen LogP contribution >= 0.6 is 0 Å². The topological polar surface area (TPSA) is 50.1 Å². The maximum absolute atomic E-state index is 9.84. The SMILES string of the molecule is Cc1nn(C(C)(C)C)cc1C(C)NCC(O)C(C)C. The Hall–Kier alpha value is -0.870. The van der Waals surface area contributed by atoms with Crippen LogP contribution in [0.3, 0.4) is 0 Å². The van der Waals surface area contributed by atoms with E-state index in [1.807, 2.05) is 25.5 Å². The van der Waals surface area contributed by atoms with Crippen LogP contribution in [0.1, 0.15) is 58.8 Å². The van der Waals surface area contributed by atoms with Crippen LogP contribution in [0, 0.1) is 12.8 Å². The van der Waals surface area contributed by atoms with Crippen LogP contribution in [0.4, 0.5) is 0 Å². The molecule has 0 spiro atoms. The van der Waals surface area contributed by atoms with Crippen molar-refractivity contribution < 1.29 is 5.11 Å². The third kappa shape index (κ3) is 4.32. The van der Waals surface area contributed by atoms with E-state index in [-0.39, 0.29) is 23.6 Å². The Morgan fingerprint density at radius 1 is 1.32 bits per heavy atom.